The number of aliphatic carboxylic acids is 3. The second-order valence-corrected chi connectivity index (χ2v) is 12.5. The van der Waals surface area contributed by atoms with E-state index in [1.54, 1.807) is 36.1 Å². The summed E-state index contributed by atoms with van der Waals surface area (Å²) in [5.74, 6) is -3.13. The first-order valence-electron chi connectivity index (χ1n) is 17.4. The molecule has 0 aliphatic heterocycles. The maximum absolute atomic E-state index is 13.0. The molecule has 0 radical (unpaired) electrons. The Kier molecular flexibility index (Phi) is 22.7. The number of carboxylic acid groups (broad SMARTS) is 3. The smallest absolute Gasteiger partial charge is 0.306 e. The lowest BCUT2D eigenvalue weighted by molar-refractivity contribution is -0.141. The minimum atomic E-state index is -0.949. The van der Waals surface area contributed by atoms with Crippen molar-refractivity contribution < 1.29 is 39.3 Å². The Hall–Kier alpha value is -3.43. The summed E-state index contributed by atoms with van der Waals surface area (Å²) < 4.78 is 0. The van der Waals surface area contributed by atoms with Crippen LogP contribution >= 0.6 is 0 Å². The van der Waals surface area contributed by atoms with Crippen molar-refractivity contribution in [3.63, 3.8) is 0 Å². The van der Waals surface area contributed by atoms with Gasteiger partial charge in [-0.15, -0.1) is 0 Å². The molecule has 1 rings (SSSR count). The molecule has 0 spiro atoms. The standard InChI is InChI=1S/C36H58N2O8/c1-29(36(45)46)18-16-17-26-37-35(44)31-23-21-30(22-24-31)28-38(27-25-34(42)43)32(39)19-14-12-10-8-6-4-2-3-5-7-9-11-13-15-20-33(40)41/h21-24,29H,2-20,25-28H2,1H3,(H,37,44)(H,40,41)(H,42,43)(H,45,46)/t29-/m0/s1. The molecule has 1 aromatic carbocycles. The highest BCUT2D eigenvalue weighted by Crippen LogP contribution is 2.16. The summed E-state index contributed by atoms with van der Waals surface area (Å²) in [7, 11) is 0. The van der Waals surface area contributed by atoms with E-state index in [-0.39, 0.29) is 31.2 Å². The molecule has 0 fully saturated rings. The van der Waals surface area contributed by atoms with E-state index in [0.29, 0.717) is 37.9 Å². The van der Waals surface area contributed by atoms with Crippen LogP contribution in [0, 0.1) is 5.92 Å². The predicted octanol–water partition coefficient (Wildman–Crippen LogP) is 7.44. The quantitative estimate of drug-likeness (QED) is 0.0653. The summed E-state index contributed by atoms with van der Waals surface area (Å²) in [6.45, 7) is 2.57. The first-order valence-corrected chi connectivity index (χ1v) is 17.4. The van der Waals surface area contributed by atoms with E-state index in [4.69, 9.17) is 10.2 Å². The van der Waals surface area contributed by atoms with Gasteiger partial charge in [-0.05, 0) is 43.4 Å². The van der Waals surface area contributed by atoms with Crippen molar-refractivity contribution in [3.05, 3.63) is 35.4 Å². The molecule has 0 aromatic heterocycles. The monoisotopic (exact) mass is 646 g/mol. The third-order valence-corrected chi connectivity index (χ3v) is 8.34. The Balaban J connectivity index is 2.26. The lowest BCUT2D eigenvalue weighted by Gasteiger charge is -2.22. The number of amides is 2. The molecule has 0 heterocycles. The molecule has 0 saturated carbocycles. The van der Waals surface area contributed by atoms with Crippen molar-refractivity contribution in [1.29, 1.82) is 0 Å². The molecular weight excluding hydrogens is 588 g/mol. The van der Waals surface area contributed by atoms with Crippen LogP contribution in [0.15, 0.2) is 24.3 Å². The van der Waals surface area contributed by atoms with Crippen LogP contribution in [0.3, 0.4) is 0 Å². The first-order chi connectivity index (χ1) is 22.1. The van der Waals surface area contributed by atoms with Crippen molar-refractivity contribution in [3.8, 4) is 0 Å². The molecule has 1 aromatic rings. The number of carbonyl (C=O) groups is 5. The van der Waals surface area contributed by atoms with Crippen molar-refractivity contribution in [2.75, 3.05) is 13.1 Å². The van der Waals surface area contributed by atoms with Gasteiger partial charge >= 0.3 is 17.9 Å². The van der Waals surface area contributed by atoms with Crippen LogP contribution in [0.2, 0.25) is 0 Å². The van der Waals surface area contributed by atoms with E-state index < -0.39 is 23.8 Å². The van der Waals surface area contributed by atoms with Gasteiger partial charge in [0, 0.05) is 38.0 Å². The molecule has 0 aliphatic rings. The number of nitrogens with zero attached hydrogens (tertiary/aromatic N) is 1. The zero-order valence-corrected chi connectivity index (χ0v) is 28.0. The number of nitrogens with one attached hydrogen (secondary N) is 1. The highest BCUT2D eigenvalue weighted by Gasteiger charge is 2.16. The van der Waals surface area contributed by atoms with Gasteiger partial charge in [0.1, 0.15) is 0 Å². The van der Waals surface area contributed by atoms with Gasteiger partial charge in [0.05, 0.1) is 12.3 Å². The summed E-state index contributed by atoms with van der Waals surface area (Å²) in [6, 6.07) is 6.97. The molecule has 2 amide bonds. The number of benzene rings is 1. The van der Waals surface area contributed by atoms with E-state index in [9.17, 15) is 29.1 Å². The normalized spacial score (nSPS) is 11.6. The Bertz CT molecular complexity index is 1030. The van der Waals surface area contributed by atoms with Crippen LogP contribution in [0.5, 0.6) is 0 Å². The lowest BCUT2D eigenvalue weighted by atomic mass is 10.0. The van der Waals surface area contributed by atoms with Crippen LogP contribution in [-0.2, 0) is 25.7 Å². The molecule has 46 heavy (non-hydrogen) atoms. The van der Waals surface area contributed by atoms with Gasteiger partial charge in [-0.1, -0.05) is 103 Å². The van der Waals surface area contributed by atoms with E-state index >= 15 is 0 Å². The molecule has 0 aliphatic carbocycles. The van der Waals surface area contributed by atoms with Crippen LogP contribution in [-0.4, -0.2) is 63.0 Å². The maximum Gasteiger partial charge on any atom is 0.306 e. The van der Waals surface area contributed by atoms with Gasteiger partial charge in [0.25, 0.3) is 5.91 Å². The van der Waals surface area contributed by atoms with Gasteiger partial charge in [0.15, 0.2) is 0 Å². The molecule has 10 nitrogen and oxygen atoms in total. The second-order valence-electron chi connectivity index (χ2n) is 12.5. The molecule has 4 N–H and O–H groups in total. The number of hydrogen-bond donors (Lipinski definition) is 4. The molecule has 0 saturated heterocycles. The highest BCUT2D eigenvalue weighted by atomic mass is 16.4. The number of carbonyl (C=O) groups excluding carboxylic acids is 2. The van der Waals surface area contributed by atoms with E-state index in [2.05, 4.69) is 5.32 Å². The van der Waals surface area contributed by atoms with Gasteiger partial charge in [-0.25, -0.2) is 0 Å². The Morgan fingerprint density at radius 2 is 1.11 bits per heavy atom. The minimum absolute atomic E-state index is 0.0535. The molecule has 0 bridgehead atoms. The fourth-order valence-electron chi connectivity index (χ4n) is 5.34. The van der Waals surface area contributed by atoms with E-state index in [1.165, 1.54) is 44.9 Å². The minimum Gasteiger partial charge on any atom is -0.481 e. The second kappa shape index (κ2) is 25.7. The molecule has 10 heteroatoms. The van der Waals surface area contributed by atoms with Crippen molar-refractivity contribution in [2.45, 2.75) is 142 Å². The molecule has 1 atom stereocenters. The SMILES string of the molecule is C[C@@H](CCCCNC(=O)c1ccc(CN(CCC(=O)O)C(=O)CCCCCCCCCCCCCCCCC(=O)O)cc1)C(=O)O. The average molecular weight is 647 g/mol. The third kappa shape index (κ3) is 21.3. The van der Waals surface area contributed by atoms with E-state index in [1.807, 2.05) is 0 Å². The first kappa shape index (κ1) is 40.6. The number of unbranched alkanes of at least 4 members (excludes halogenated alkanes) is 14. The maximum atomic E-state index is 13.0. The summed E-state index contributed by atoms with van der Waals surface area (Å²) >= 11 is 0. The van der Waals surface area contributed by atoms with Gasteiger partial charge in [0.2, 0.25) is 5.91 Å². The van der Waals surface area contributed by atoms with Gasteiger partial charge < -0.3 is 25.5 Å². The van der Waals surface area contributed by atoms with Crippen molar-refractivity contribution in [2.24, 2.45) is 5.92 Å². The van der Waals surface area contributed by atoms with Crippen molar-refractivity contribution in [1.82, 2.24) is 10.2 Å². The van der Waals surface area contributed by atoms with Crippen LogP contribution in [0.4, 0.5) is 0 Å². The van der Waals surface area contributed by atoms with Crippen LogP contribution < -0.4 is 5.32 Å². The Morgan fingerprint density at radius 1 is 0.630 bits per heavy atom. The predicted molar refractivity (Wildman–Crippen MR) is 179 cm³/mol. The zero-order valence-electron chi connectivity index (χ0n) is 28.0. The highest BCUT2D eigenvalue weighted by molar-refractivity contribution is 5.94. The van der Waals surface area contributed by atoms with Gasteiger partial charge in [-0.2, -0.15) is 0 Å². The van der Waals surface area contributed by atoms with Gasteiger partial charge in [-0.3, -0.25) is 24.0 Å². The molecule has 260 valence electrons. The van der Waals surface area contributed by atoms with E-state index in [0.717, 1.165) is 56.9 Å². The topological polar surface area (TPSA) is 161 Å². The third-order valence-electron chi connectivity index (χ3n) is 8.34. The fraction of sp³-hybridized carbons (Fsp3) is 0.694. The summed E-state index contributed by atoms with van der Waals surface area (Å²) in [5, 5.41) is 29.6. The summed E-state index contributed by atoms with van der Waals surface area (Å²) in [6.07, 6.45) is 18.1. The number of hydrogen-bond acceptors (Lipinski definition) is 5. The van der Waals surface area contributed by atoms with Crippen LogP contribution in [0.25, 0.3) is 0 Å². The van der Waals surface area contributed by atoms with Crippen LogP contribution in [0.1, 0.15) is 151 Å². The van der Waals surface area contributed by atoms with Crippen molar-refractivity contribution >= 4 is 29.7 Å². The summed E-state index contributed by atoms with van der Waals surface area (Å²) in [5.41, 5.74) is 1.32. The lowest BCUT2D eigenvalue weighted by Crippen LogP contribution is -2.32. The Labute approximate surface area is 275 Å². The fourth-order valence-corrected chi connectivity index (χ4v) is 5.34. The Morgan fingerprint density at radius 3 is 1.59 bits per heavy atom. The molecular formula is C36H58N2O8. The summed E-state index contributed by atoms with van der Waals surface area (Å²) in [4.78, 5) is 59.6. The zero-order chi connectivity index (χ0) is 34.0. The largest absolute Gasteiger partial charge is 0.481 e. The number of rotatable bonds is 29. The molecule has 0 unspecified atom stereocenters. The number of carboxylic acids is 3. The average Bonchev–Trinajstić information content (AvgIpc) is 3.02.